The zero-order valence-electron chi connectivity index (χ0n) is 32.3. The average molecular weight is 798 g/mol. The third kappa shape index (κ3) is 4.41. The number of guanidine groups is 1. The predicted octanol–water partition coefficient (Wildman–Crippen LogP) is 2.56. The van der Waals surface area contributed by atoms with E-state index in [1.54, 1.807) is 37.7 Å². The second-order valence-electron chi connectivity index (χ2n) is 16.3. The first-order chi connectivity index (χ1) is 25.1. The smallest absolute Gasteiger partial charge is 0.355 e. The summed E-state index contributed by atoms with van der Waals surface area (Å²) in [6.45, 7) is 13.2. The summed E-state index contributed by atoms with van der Waals surface area (Å²) in [5.41, 5.74) is -15.2. The fraction of sp³-hybridized carbons (Fsp3) is 0.806. The van der Waals surface area contributed by atoms with E-state index in [1.165, 1.54) is 37.5 Å². The molecule has 0 amide bonds. The van der Waals surface area contributed by atoms with Crippen molar-refractivity contribution in [3.8, 4) is 6.19 Å². The summed E-state index contributed by atoms with van der Waals surface area (Å²) < 4.78 is 32.2. The van der Waals surface area contributed by atoms with Gasteiger partial charge in [-0.05, 0) is 75.4 Å². The minimum atomic E-state index is -2.99. The van der Waals surface area contributed by atoms with Crippen molar-refractivity contribution in [3.63, 3.8) is 0 Å². The quantitative estimate of drug-likeness (QED) is 0.102. The van der Waals surface area contributed by atoms with Gasteiger partial charge in [0.15, 0.2) is 17.5 Å². The minimum Gasteiger partial charge on any atom is -0.451 e. The Kier molecular flexibility index (Phi) is 10.1. The van der Waals surface area contributed by atoms with Crippen molar-refractivity contribution >= 4 is 30.0 Å². The largest absolute Gasteiger partial charge is 0.451 e. The van der Waals surface area contributed by atoms with E-state index in [0.29, 0.717) is 25.5 Å². The van der Waals surface area contributed by atoms with Crippen LogP contribution in [0.2, 0.25) is 0 Å². The zero-order chi connectivity index (χ0) is 40.1. The Labute approximate surface area is 320 Å². The second kappa shape index (κ2) is 13.2. The number of esters is 1. The van der Waals surface area contributed by atoms with Crippen LogP contribution in [-0.2, 0) is 18.6 Å². The first-order valence-electron chi connectivity index (χ1n) is 18.9. The molecule has 12 atom stereocenters. The van der Waals surface area contributed by atoms with Gasteiger partial charge in [-0.15, -0.1) is 4.99 Å². The maximum Gasteiger partial charge on any atom is 0.355 e. The molecule has 302 valence electrons. The van der Waals surface area contributed by atoms with Gasteiger partial charge >= 0.3 is 12.7 Å². The van der Waals surface area contributed by atoms with Gasteiger partial charge in [-0.25, -0.2) is 4.79 Å². The van der Waals surface area contributed by atoms with Crippen molar-refractivity contribution in [2.24, 2.45) is 27.7 Å². The molecular weight excluding hydrogens is 741 g/mol. The number of aliphatic hydroxyl groups excluding tert-OH is 1. The van der Waals surface area contributed by atoms with E-state index < -0.39 is 81.4 Å². The summed E-state index contributed by atoms with van der Waals surface area (Å²) in [5, 5.41) is 82.7. The number of nitrogens with zero attached hydrogens (tertiary/aromatic N) is 4. The standard InChI is InChI=1S/C25H35NO9.C11H21N4O2PS/c1-12(2)22(31)17(34-16(28)14-7-6-10-26-14)23(32)18(4)11-21(30)19(22,5)25(23,33)24(35-21)15(27)13(3)8-9-20(18,24)29;1-4-9-19-18(16,17-6-3)15-8-7-14(5-2)11(15)13-10-12/h6-7,10,12-13,15,17,26-27,29-33H,8-9,11H2,1-5H3;4-9H2,1-3H3/b;13-11+/t13-,15+,17+,18-,19+,20-,21-,22+,23+,24+,25+;/m0./s1. The van der Waals surface area contributed by atoms with Crippen molar-refractivity contribution in [2.45, 2.75) is 127 Å². The summed E-state index contributed by atoms with van der Waals surface area (Å²) in [6.07, 6.45) is 1.09. The Hall–Kier alpha value is -2.23. The molecule has 0 radical (unpaired) electrons. The molecule has 4 aliphatic carbocycles. The lowest BCUT2D eigenvalue weighted by Gasteiger charge is -2.60. The molecule has 0 aromatic carbocycles. The van der Waals surface area contributed by atoms with E-state index in [-0.39, 0.29) is 18.5 Å². The lowest BCUT2D eigenvalue weighted by molar-refractivity contribution is -0.390. The van der Waals surface area contributed by atoms with Crippen LogP contribution in [-0.4, -0.2) is 135 Å². The van der Waals surface area contributed by atoms with Gasteiger partial charge in [0.25, 0.3) is 0 Å². The van der Waals surface area contributed by atoms with Gasteiger partial charge in [0.05, 0.1) is 18.1 Å². The molecule has 1 aromatic heterocycles. The van der Waals surface area contributed by atoms with E-state index >= 15 is 0 Å². The maximum absolute atomic E-state index is 13.2. The molecule has 18 heteroatoms. The normalized spacial score (nSPS) is 46.0. The topological polar surface area (TPSA) is 242 Å². The molecule has 3 saturated heterocycles. The van der Waals surface area contributed by atoms with Crippen LogP contribution in [0.1, 0.15) is 91.6 Å². The Morgan fingerprint density at radius 1 is 1.20 bits per heavy atom. The van der Waals surface area contributed by atoms with Crippen LogP contribution >= 0.6 is 18.1 Å². The van der Waals surface area contributed by atoms with Crippen molar-refractivity contribution < 1.29 is 54.0 Å². The average Bonchev–Trinajstić information content (AvgIpc) is 3.87. The number of ether oxygens (including phenoxy) is 2. The highest BCUT2D eigenvalue weighted by atomic mass is 32.7. The van der Waals surface area contributed by atoms with Crippen LogP contribution in [0.3, 0.4) is 0 Å². The maximum atomic E-state index is 13.2. The zero-order valence-corrected chi connectivity index (χ0v) is 34.0. The number of aromatic amines is 1. The highest BCUT2D eigenvalue weighted by Crippen LogP contribution is 2.90. The molecule has 4 heterocycles. The first kappa shape index (κ1) is 41.4. The monoisotopic (exact) mass is 797 g/mol. The van der Waals surface area contributed by atoms with Gasteiger partial charge in [-0.1, -0.05) is 34.6 Å². The van der Waals surface area contributed by atoms with E-state index in [1.807, 2.05) is 25.7 Å². The number of aliphatic imine (C=N–C) groups is 1. The van der Waals surface area contributed by atoms with Crippen LogP contribution in [0.5, 0.6) is 0 Å². The van der Waals surface area contributed by atoms with Crippen LogP contribution in [0, 0.1) is 34.1 Å². The number of aromatic nitrogens is 1. The van der Waals surface area contributed by atoms with Gasteiger partial charge in [0.2, 0.25) is 12.2 Å². The number of nitriles is 1. The van der Waals surface area contributed by atoms with E-state index in [0.717, 1.165) is 25.3 Å². The van der Waals surface area contributed by atoms with Crippen LogP contribution < -0.4 is 0 Å². The first-order valence-corrected chi connectivity index (χ1v) is 22.0. The summed E-state index contributed by atoms with van der Waals surface area (Å²) >= 11 is 1.33. The van der Waals surface area contributed by atoms with E-state index in [2.05, 4.69) is 9.98 Å². The number of hydrogen-bond acceptors (Lipinski definition) is 14. The predicted molar refractivity (Wildman–Crippen MR) is 198 cm³/mol. The number of H-pyrrole nitrogens is 1. The van der Waals surface area contributed by atoms with E-state index in [9.17, 15) is 40.0 Å². The number of rotatable bonds is 10. The highest BCUT2D eigenvalue weighted by molar-refractivity contribution is 8.56. The van der Waals surface area contributed by atoms with Crippen molar-refractivity contribution in [1.82, 2.24) is 14.6 Å². The highest BCUT2D eigenvalue weighted by Gasteiger charge is 3.10. The minimum absolute atomic E-state index is 0.0654. The molecule has 3 aliphatic heterocycles. The molecule has 6 bridgehead atoms. The van der Waals surface area contributed by atoms with Gasteiger partial charge in [-0.2, -0.15) is 5.26 Å². The fourth-order valence-electron chi connectivity index (χ4n) is 11.4. The summed E-state index contributed by atoms with van der Waals surface area (Å²) in [5.74, 6) is -3.10. The van der Waals surface area contributed by atoms with Crippen molar-refractivity contribution in [2.75, 3.05) is 32.0 Å². The lowest BCUT2D eigenvalue weighted by Crippen LogP contribution is -2.75. The summed E-state index contributed by atoms with van der Waals surface area (Å²) in [4.78, 5) is 21.7. The molecule has 4 saturated carbocycles. The SMILES string of the molecule is CC(C)[C@@]1(O)[C@@H](OC(=O)c2ccc[nH]2)[C@@]2(O)[C@@]3(C)C[C@]4(O)O[C@@]5([C@H](O)[C@@H](C)CC[C@]35O)[C@@]2(O)[C@@]14C.CCCSP(=O)(OCC)N1CCN(CC)/C1=N\C#N. The Balaban J connectivity index is 0.000000223. The molecule has 8 rings (SSSR count). The van der Waals surface area contributed by atoms with Gasteiger partial charge < -0.3 is 54.5 Å². The van der Waals surface area contributed by atoms with Crippen LogP contribution in [0.25, 0.3) is 0 Å². The molecule has 1 spiro atoms. The fourth-order valence-corrected chi connectivity index (χ4v) is 15.9. The number of carbonyl (C=O) groups is 1. The Morgan fingerprint density at radius 3 is 2.44 bits per heavy atom. The number of likely N-dealkylation sites (N-methyl/N-ethyl adjacent to an activating group) is 1. The second-order valence-corrected chi connectivity index (χ2v) is 20.8. The molecular formula is C36H56N5O11PS. The van der Waals surface area contributed by atoms with Gasteiger partial charge in [-0.3, -0.25) is 9.24 Å². The molecule has 1 unspecified atom stereocenters. The molecule has 16 nitrogen and oxygen atoms in total. The summed E-state index contributed by atoms with van der Waals surface area (Å²) in [6, 6.07) is 3.06. The molecule has 7 fully saturated rings. The Bertz CT molecular complexity index is 1770. The number of nitrogens with one attached hydrogen (secondary N) is 1. The lowest BCUT2D eigenvalue weighted by atomic mass is 9.52. The van der Waals surface area contributed by atoms with E-state index in [4.69, 9.17) is 19.3 Å². The number of aliphatic hydroxyl groups is 6. The van der Waals surface area contributed by atoms with Gasteiger partial charge in [0.1, 0.15) is 28.1 Å². The number of carbonyl (C=O) groups excluding carboxylic acids is 1. The third-order valence-corrected chi connectivity index (χ3v) is 18.9. The van der Waals surface area contributed by atoms with Crippen molar-refractivity contribution in [3.05, 3.63) is 24.0 Å². The van der Waals surface area contributed by atoms with Crippen LogP contribution in [0.15, 0.2) is 23.3 Å². The van der Waals surface area contributed by atoms with Gasteiger partial charge in [0, 0.05) is 43.4 Å². The molecule has 1 aromatic rings. The number of hydrogen-bond donors (Lipinski definition) is 7. The third-order valence-electron chi connectivity index (χ3n) is 14.0. The van der Waals surface area contributed by atoms with Crippen LogP contribution in [0.4, 0.5) is 0 Å². The molecule has 54 heavy (non-hydrogen) atoms. The molecule has 7 aliphatic rings. The Morgan fingerprint density at radius 2 is 1.89 bits per heavy atom. The summed E-state index contributed by atoms with van der Waals surface area (Å²) in [7, 11) is 0. The molecule has 7 N–H and O–H groups in total. The van der Waals surface area contributed by atoms with Crippen molar-refractivity contribution in [1.29, 1.82) is 5.26 Å².